The summed E-state index contributed by atoms with van der Waals surface area (Å²) in [6.07, 6.45) is -4.06. The summed E-state index contributed by atoms with van der Waals surface area (Å²) >= 11 is 16.7. The Morgan fingerprint density at radius 2 is 1.72 bits per heavy atom. The van der Waals surface area contributed by atoms with E-state index in [4.69, 9.17) is 40.1 Å². The van der Waals surface area contributed by atoms with Crippen LogP contribution in [0.15, 0.2) is 40.1 Å². The molecule has 0 fully saturated rings. The highest BCUT2D eigenvalue weighted by Gasteiger charge is 2.34. The van der Waals surface area contributed by atoms with E-state index in [0.29, 0.717) is 14.7 Å². The van der Waals surface area contributed by atoms with E-state index in [-0.39, 0.29) is 11.9 Å². The third-order valence-corrected chi connectivity index (χ3v) is 4.17. The van der Waals surface area contributed by atoms with Gasteiger partial charge in [-0.05, 0) is 12.1 Å². The van der Waals surface area contributed by atoms with Crippen molar-refractivity contribution in [3.05, 3.63) is 62.4 Å². The minimum absolute atomic E-state index is 0.140. The van der Waals surface area contributed by atoms with Crippen LogP contribution in [-0.2, 0) is 6.18 Å². The molecule has 0 N–H and O–H groups in total. The maximum Gasteiger partial charge on any atom is 0.418 e. The second-order valence-electron chi connectivity index (χ2n) is 4.46. The lowest BCUT2D eigenvalue weighted by Crippen LogP contribution is -2.39. The van der Waals surface area contributed by atoms with Crippen molar-refractivity contribution < 1.29 is 13.2 Å². The predicted octanol–water partition coefficient (Wildman–Crippen LogP) is 3.71. The molecule has 0 aliphatic rings. The zero-order valence-electron chi connectivity index (χ0n) is 11.7. The molecule has 0 radical (unpaired) electrons. The van der Waals surface area contributed by atoms with Crippen molar-refractivity contribution >= 4 is 46.8 Å². The van der Waals surface area contributed by atoms with E-state index in [1.807, 2.05) is 0 Å². The van der Waals surface area contributed by atoms with Gasteiger partial charge >= 0.3 is 11.9 Å². The monoisotopic (exact) mass is 429 g/mol. The first-order valence-corrected chi connectivity index (χ1v) is 8.08. The summed E-state index contributed by atoms with van der Waals surface area (Å²) in [5, 5.41) is 9.02. The summed E-state index contributed by atoms with van der Waals surface area (Å²) in [4.78, 5) is 24.5. The van der Waals surface area contributed by atoms with Gasteiger partial charge in [-0.1, -0.05) is 46.9 Å². The fourth-order valence-electron chi connectivity index (χ4n) is 1.89. The number of hydrogen-bond acceptors (Lipinski definition) is 4. The van der Waals surface area contributed by atoms with E-state index >= 15 is 0 Å². The zero-order chi connectivity index (χ0) is 19.0. The Labute approximate surface area is 157 Å². The summed E-state index contributed by atoms with van der Waals surface area (Å²) in [7, 11) is 0. The molecule has 1 aromatic heterocycles. The van der Waals surface area contributed by atoms with Crippen LogP contribution in [0.25, 0.3) is 5.69 Å². The van der Waals surface area contributed by atoms with Crippen molar-refractivity contribution in [2.75, 3.05) is 0 Å². The first kappa shape index (κ1) is 19.7. The van der Waals surface area contributed by atoms with Gasteiger partial charge in [-0.25, -0.2) is 4.79 Å². The lowest BCUT2D eigenvalue weighted by atomic mass is 10.1. The van der Waals surface area contributed by atoms with Gasteiger partial charge in [0.2, 0.25) is 0 Å². The highest BCUT2D eigenvalue weighted by Crippen LogP contribution is 2.38. The molecular formula is C13H5Cl3F3N3O2S. The lowest BCUT2D eigenvalue weighted by Gasteiger charge is -2.17. The Morgan fingerprint density at radius 1 is 1.12 bits per heavy atom. The Hall–Kier alpha value is -1.60. The molecule has 0 atom stereocenters. The molecule has 0 aliphatic carbocycles. The predicted molar refractivity (Wildman–Crippen MR) is 89.3 cm³/mol. The number of halogens is 6. The quantitative estimate of drug-likeness (QED) is 0.681. The molecule has 0 spiro atoms. The van der Waals surface area contributed by atoms with Gasteiger partial charge in [0, 0.05) is 18.1 Å². The first-order chi connectivity index (χ1) is 11.5. The Kier molecular flexibility index (Phi) is 5.49. The summed E-state index contributed by atoms with van der Waals surface area (Å²) < 4.78 is 38.2. The van der Waals surface area contributed by atoms with Gasteiger partial charge in [0.25, 0.3) is 8.68 Å². The number of rotatable bonds is 2. The fraction of sp³-hybridized carbons (Fsp3) is 0.154. The summed E-state index contributed by atoms with van der Waals surface area (Å²) in [5.74, 6) is 0. The third-order valence-electron chi connectivity index (χ3n) is 2.84. The Balaban J connectivity index is 2.86. The highest BCUT2D eigenvalue weighted by molar-refractivity contribution is 8.03. The maximum absolute atomic E-state index is 13.2. The van der Waals surface area contributed by atoms with Gasteiger partial charge in [0.1, 0.15) is 11.6 Å². The van der Waals surface area contributed by atoms with Crippen molar-refractivity contribution in [3.8, 4) is 11.8 Å². The second kappa shape index (κ2) is 6.96. The number of nitriles is 1. The van der Waals surface area contributed by atoms with Gasteiger partial charge < -0.3 is 0 Å². The van der Waals surface area contributed by atoms with Gasteiger partial charge in [-0.3, -0.25) is 9.36 Å². The number of para-hydroxylation sites is 1. The maximum atomic E-state index is 13.2. The molecule has 5 nitrogen and oxygen atoms in total. The average molecular weight is 431 g/mol. The third kappa shape index (κ3) is 4.33. The molecule has 0 bridgehead atoms. The van der Waals surface area contributed by atoms with E-state index in [1.54, 1.807) is 0 Å². The van der Waals surface area contributed by atoms with E-state index in [9.17, 15) is 22.8 Å². The standard InChI is InChI=1S/C13H5Cl3F3N3O2S/c14-13(15,16)25-22-10(23)7(5-20)6-21(11(22)24)9-4-2-1-3-8(9)12(17,18)19/h1-4,6H. The number of alkyl halides is 6. The normalized spacial score (nSPS) is 12.0. The van der Waals surface area contributed by atoms with Crippen molar-refractivity contribution in [1.82, 2.24) is 8.54 Å². The van der Waals surface area contributed by atoms with E-state index in [1.165, 1.54) is 12.1 Å². The minimum Gasteiger partial charge on any atom is -0.267 e. The summed E-state index contributed by atoms with van der Waals surface area (Å²) in [6.45, 7) is 0. The van der Waals surface area contributed by atoms with Crippen LogP contribution in [0.4, 0.5) is 13.2 Å². The molecule has 0 saturated carbocycles. The molecule has 1 heterocycles. The van der Waals surface area contributed by atoms with E-state index in [0.717, 1.165) is 18.2 Å². The summed E-state index contributed by atoms with van der Waals surface area (Å²) in [5.41, 5.74) is -4.62. The Morgan fingerprint density at radius 3 is 2.24 bits per heavy atom. The molecule has 12 heteroatoms. The average Bonchev–Trinajstić information content (AvgIpc) is 2.50. The van der Waals surface area contributed by atoms with Crippen LogP contribution < -0.4 is 11.2 Å². The van der Waals surface area contributed by atoms with Crippen molar-refractivity contribution in [3.63, 3.8) is 0 Å². The van der Waals surface area contributed by atoms with Crippen molar-refractivity contribution in [2.24, 2.45) is 0 Å². The smallest absolute Gasteiger partial charge is 0.267 e. The molecular weight excluding hydrogens is 426 g/mol. The van der Waals surface area contributed by atoms with Crippen molar-refractivity contribution in [2.45, 2.75) is 9.30 Å². The van der Waals surface area contributed by atoms with Crippen LogP contribution in [0.2, 0.25) is 0 Å². The first-order valence-electron chi connectivity index (χ1n) is 6.17. The molecule has 2 rings (SSSR count). The molecule has 2 aromatic rings. The van der Waals surface area contributed by atoms with Crippen LogP contribution in [0, 0.1) is 11.3 Å². The molecule has 0 aliphatic heterocycles. The van der Waals surface area contributed by atoms with Gasteiger partial charge in [0.05, 0.1) is 11.3 Å². The number of benzene rings is 1. The largest absolute Gasteiger partial charge is 0.418 e. The number of aromatic nitrogens is 2. The topological polar surface area (TPSA) is 67.8 Å². The molecule has 25 heavy (non-hydrogen) atoms. The second-order valence-corrected chi connectivity index (χ2v) is 8.57. The van der Waals surface area contributed by atoms with Gasteiger partial charge in [-0.2, -0.15) is 22.4 Å². The van der Waals surface area contributed by atoms with Crippen LogP contribution >= 0.6 is 46.8 Å². The molecule has 0 amide bonds. The molecule has 0 saturated heterocycles. The number of hydrogen-bond donors (Lipinski definition) is 0. The minimum atomic E-state index is -4.77. The molecule has 0 unspecified atom stereocenters. The van der Waals surface area contributed by atoms with Crippen molar-refractivity contribution in [1.29, 1.82) is 5.26 Å². The van der Waals surface area contributed by atoms with Gasteiger partial charge in [0.15, 0.2) is 0 Å². The number of nitrogens with zero attached hydrogens (tertiary/aromatic N) is 3. The fourth-order valence-corrected chi connectivity index (χ4v) is 3.07. The van der Waals surface area contributed by atoms with E-state index in [2.05, 4.69) is 0 Å². The molecule has 1 aromatic carbocycles. The Bertz CT molecular complexity index is 974. The van der Waals surface area contributed by atoms with Gasteiger partial charge in [-0.15, -0.1) is 0 Å². The zero-order valence-corrected chi connectivity index (χ0v) is 14.8. The van der Waals surface area contributed by atoms with Crippen LogP contribution in [0.5, 0.6) is 0 Å². The van der Waals surface area contributed by atoms with E-state index < -0.39 is 37.4 Å². The summed E-state index contributed by atoms with van der Waals surface area (Å²) in [6, 6.07) is 5.67. The van der Waals surface area contributed by atoms with Crippen LogP contribution in [0.1, 0.15) is 11.1 Å². The SMILES string of the molecule is N#Cc1cn(-c2ccccc2C(F)(F)F)c(=O)n(SC(Cl)(Cl)Cl)c1=O. The molecule has 132 valence electrons. The van der Waals surface area contributed by atoms with Crippen LogP contribution in [-0.4, -0.2) is 11.7 Å². The van der Waals surface area contributed by atoms with Crippen LogP contribution in [0.3, 0.4) is 0 Å². The lowest BCUT2D eigenvalue weighted by molar-refractivity contribution is -0.137. The highest BCUT2D eigenvalue weighted by atomic mass is 35.6.